The zero-order chi connectivity index (χ0) is 16.7. The number of hydrogen-bond acceptors (Lipinski definition) is 5. The number of amides is 2. The third-order valence-corrected chi connectivity index (χ3v) is 3.72. The van der Waals surface area contributed by atoms with Crippen molar-refractivity contribution in [3.8, 4) is 11.5 Å². The van der Waals surface area contributed by atoms with Gasteiger partial charge in [-0.25, -0.2) is 0 Å². The molecule has 2 amide bonds. The SMILES string of the molecule is COc1ccc(C(=O)NNC(=O)C=Cc2cccs2)cc1OC. The van der Waals surface area contributed by atoms with Gasteiger partial charge in [0.05, 0.1) is 14.2 Å². The number of carbonyl (C=O) groups excluding carboxylic acids is 2. The first-order valence-corrected chi connectivity index (χ1v) is 7.56. The minimum Gasteiger partial charge on any atom is -0.493 e. The molecule has 0 radical (unpaired) electrons. The van der Waals surface area contributed by atoms with Gasteiger partial charge in [0.1, 0.15) is 0 Å². The van der Waals surface area contributed by atoms with Gasteiger partial charge in [0.2, 0.25) is 0 Å². The van der Waals surface area contributed by atoms with Crippen LogP contribution in [0.25, 0.3) is 6.08 Å². The van der Waals surface area contributed by atoms with E-state index in [2.05, 4.69) is 10.9 Å². The van der Waals surface area contributed by atoms with E-state index < -0.39 is 11.8 Å². The van der Waals surface area contributed by atoms with E-state index in [0.717, 1.165) is 4.88 Å². The van der Waals surface area contributed by atoms with Crippen LogP contribution >= 0.6 is 11.3 Å². The summed E-state index contributed by atoms with van der Waals surface area (Å²) in [6.45, 7) is 0. The molecular weight excluding hydrogens is 316 g/mol. The van der Waals surface area contributed by atoms with Crippen LogP contribution in [0.5, 0.6) is 11.5 Å². The van der Waals surface area contributed by atoms with Crippen molar-refractivity contribution in [2.45, 2.75) is 0 Å². The number of hydrogen-bond donors (Lipinski definition) is 2. The summed E-state index contributed by atoms with van der Waals surface area (Å²) in [6, 6.07) is 8.50. The third-order valence-electron chi connectivity index (χ3n) is 2.89. The molecule has 0 aliphatic heterocycles. The molecule has 6 nitrogen and oxygen atoms in total. The fourth-order valence-corrected chi connectivity index (χ4v) is 2.37. The summed E-state index contributed by atoms with van der Waals surface area (Å²) in [7, 11) is 2.99. The lowest BCUT2D eigenvalue weighted by molar-refractivity contribution is -0.117. The van der Waals surface area contributed by atoms with E-state index in [1.54, 1.807) is 18.2 Å². The lowest BCUT2D eigenvalue weighted by atomic mass is 10.2. The summed E-state index contributed by atoms with van der Waals surface area (Å²) >= 11 is 1.51. The monoisotopic (exact) mass is 332 g/mol. The van der Waals surface area contributed by atoms with Crippen molar-refractivity contribution in [2.75, 3.05) is 14.2 Å². The predicted molar refractivity (Wildman–Crippen MR) is 88.5 cm³/mol. The molecule has 7 heteroatoms. The average Bonchev–Trinajstić information content (AvgIpc) is 3.10. The standard InChI is InChI=1S/C16H16N2O4S/c1-21-13-7-5-11(10-14(13)22-2)16(20)18-17-15(19)8-6-12-4-3-9-23-12/h3-10H,1-2H3,(H,17,19)(H,18,20). The lowest BCUT2D eigenvalue weighted by Crippen LogP contribution is -2.40. The maximum absolute atomic E-state index is 12.0. The normalized spacial score (nSPS) is 10.3. The number of nitrogens with one attached hydrogen (secondary N) is 2. The summed E-state index contributed by atoms with van der Waals surface area (Å²) in [5.74, 6) is 0.0760. The van der Waals surface area contributed by atoms with Crippen LogP contribution in [0.1, 0.15) is 15.2 Å². The number of carbonyl (C=O) groups is 2. The molecule has 0 fully saturated rings. The Bertz CT molecular complexity index is 711. The van der Waals surface area contributed by atoms with Crippen molar-refractivity contribution in [1.29, 1.82) is 0 Å². The van der Waals surface area contributed by atoms with E-state index in [9.17, 15) is 9.59 Å². The van der Waals surface area contributed by atoms with E-state index in [1.165, 1.54) is 37.7 Å². The van der Waals surface area contributed by atoms with Crippen molar-refractivity contribution in [3.05, 3.63) is 52.2 Å². The van der Waals surface area contributed by atoms with Gasteiger partial charge in [-0.15, -0.1) is 11.3 Å². The zero-order valence-electron chi connectivity index (χ0n) is 12.7. The minimum atomic E-state index is -0.455. The van der Waals surface area contributed by atoms with Crippen LogP contribution in [-0.2, 0) is 4.79 Å². The molecule has 0 aliphatic carbocycles. The fraction of sp³-hybridized carbons (Fsp3) is 0.125. The van der Waals surface area contributed by atoms with Crippen molar-refractivity contribution in [1.82, 2.24) is 10.9 Å². The van der Waals surface area contributed by atoms with Gasteiger partial charge in [-0.05, 0) is 35.7 Å². The van der Waals surface area contributed by atoms with E-state index in [-0.39, 0.29) is 0 Å². The maximum atomic E-state index is 12.0. The Kier molecular flexibility index (Phi) is 5.76. The molecule has 2 rings (SSSR count). The quantitative estimate of drug-likeness (QED) is 0.650. The molecule has 0 saturated heterocycles. The van der Waals surface area contributed by atoms with E-state index in [4.69, 9.17) is 9.47 Å². The zero-order valence-corrected chi connectivity index (χ0v) is 13.5. The molecule has 0 saturated carbocycles. The summed E-state index contributed by atoms with van der Waals surface area (Å²) in [6.07, 6.45) is 3.02. The molecule has 0 unspecified atom stereocenters. The van der Waals surface area contributed by atoms with E-state index in [0.29, 0.717) is 17.1 Å². The van der Waals surface area contributed by atoms with Crippen LogP contribution in [0.2, 0.25) is 0 Å². The van der Waals surface area contributed by atoms with Gasteiger partial charge >= 0.3 is 0 Å². The number of benzene rings is 1. The maximum Gasteiger partial charge on any atom is 0.269 e. The second kappa shape index (κ2) is 8.00. The van der Waals surface area contributed by atoms with Crippen LogP contribution in [0.4, 0.5) is 0 Å². The van der Waals surface area contributed by atoms with Crippen LogP contribution < -0.4 is 20.3 Å². The molecular formula is C16H16N2O4S. The van der Waals surface area contributed by atoms with Crippen molar-refractivity contribution < 1.29 is 19.1 Å². The van der Waals surface area contributed by atoms with Gasteiger partial charge in [-0.2, -0.15) is 0 Å². The number of hydrazine groups is 1. The Hall–Kier alpha value is -2.80. The number of ether oxygens (including phenoxy) is 2. The molecule has 1 aromatic heterocycles. The van der Waals surface area contributed by atoms with Crippen molar-refractivity contribution in [2.24, 2.45) is 0 Å². The molecule has 1 aromatic carbocycles. The van der Waals surface area contributed by atoms with Gasteiger partial charge in [-0.1, -0.05) is 6.07 Å². The molecule has 0 spiro atoms. The molecule has 2 aromatic rings. The van der Waals surface area contributed by atoms with Crippen molar-refractivity contribution >= 4 is 29.2 Å². The van der Waals surface area contributed by atoms with Crippen molar-refractivity contribution in [3.63, 3.8) is 0 Å². The highest BCUT2D eigenvalue weighted by molar-refractivity contribution is 7.10. The molecule has 23 heavy (non-hydrogen) atoms. The Balaban J connectivity index is 1.93. The van der Waals surface area contributed by atoms with Gasteiger partial charge in [0.15, 0.2) is 11.5 Å². The highest BCUT2D eigenvalue weighted by Crippen LogP contribution is 2.27. The van der Waals surface area contributed by atoms with Gasteiger partial charge in [0.25, 0.3) is 11.8 Å². The van der Waals surface area contributed by atoms with Gasteiger partial charge in [0, 0.05) is 16.5 Å². The fourth-order valence-electron chi connectivity index (χ4n) is 1.75. The topological polar surface area (TPSA) is 76.7 Å². The molecule has 0 aliphatic rings. The molecule has 120 valence electrons. The molecule has 0 atom stereocenters. The minimum absolute atomic E-state index is 0.338. The Morgan fingerprint density at radius 1 is 1.09 bits per heavy atom. The average molecular weight is 332 g/mol. The Labute approximate surface area is 137 Å². The van der Waals surface area contributed by atoms with Gasteiger partial charge < -0.3 is 9.47 Å². The number of methoxy groups -OCH3 is 2. The smallest absolute Gasteiger partial charge is 0.269 e. The predicted octanol–water partition coefficient (Wildman–Crippen LogP) is 2.24. The second-order valence-electron chi connectivity index (χ2n) is 4.36. The lowest BCUT2D eigenvalue weighted by Gasteiger charge is -2.10. The summed E-state index contributed by atoms with van der Waals surface area (Å²) < 4.78 is 10.2. The summed E-state index contributed by atoms with van der Waals surface area (Å²) in [4.78, 5) is 24.6. The van der Waals surface area contributed by atoms with Gasteiger partial charge in [-0.3, -0.25) is 20.4 Å². The number of rotatable bonds is 5. The highest BCUT2D eigenvalue weighted by Gasteiger charge is 2.10. The summed E-state index contributed by atoms with van der Waals surface area (Å²) in [5, 5.41) is 1.91. The largest absolute Gasteiger partial charge is 0.493 e. The molecule has 0 bridgehead atoms. The second-order valence-corrected chi connectivity index (χ2v) is 5.34. The summed E-state index contributed by atoms with van der Waals surface area (Å²) in [5.41, 5.74) is 4.99. The Morgan fingerprint density at radius 3 is 2.52 bits per heavy atom. The first kappa shape index (κ1) is 16.6. The van der Waals surface area contributed by atoms with E-state index in [1.807, 2.05) is 17.5 Å². The van der Waals surface area contributed by atoms with E-state index >= 15 is 0 Å². The van der Waals surface area contributed by atoms with Crippen LogP contribution in [-0.4, -0.2) is 26.0 Å². The number of thiophene rings is 1. The first-order valence-electron chi connectivity index (χ1n) is 6.68. The Morgan fingerprint density at radius 2 is 1.87 bits per heavy atom. The van der Waals surface area contributed by atoms with Crippen LogP contribution in [0.3, 0.4) is 0 Å². The molecule has 1 heterocycles. The van der Waals surface area contributed by atoms with Crippen LogP contribution in [0.15, 0.2) is 41.8 Å². The first-order chi connectivity index (χ1) is 11.1. The molecule has 2 N–H and O–H groups in total. The third kappa shape index (κ3) is 4.58. The highest BCUT2D eigenvalue weighted by atomic mass is 32.1. The van der Waals surface area contributed by atoms with Crippen LogP contribution in [0, 0.1) is 0 Å².